The lowest BCUT2D eigenvalue weighted by Gasteiger charge is -1.91. The zero-order valence-corrected chi connectivity index (χ0v) is 7.33. The van der Waals surface area contributed by atoms with Gasteiger partial charge in [-0.3, -0.25) is 4.55 Å². The van der Waals surface area contributed by atoms with Gasteiger partial charge in [-0.25, -0.2) is 4.39 Å². The van der Waals surface area contributed by atoms with Gasteiger partial charge in [0, 0.05) is 0 Å². The van der Waals surface area contributed by atoms with Crippen LogP contribution in [0.1, 0.15) is 5.56 Å². The summed E-state index contributed by atoms with van der Waals surface area (Å²) in [7, 11) is -4.11. The Hall–Kier alpha value is -1.20. The summed E-state index contributed by atoms with van der Waals surface area (Å²) >= 11 is 0. The van der Waals surface area contributed by atoms with Gasteiger partial charge in [-0.1, -0.05) is 12.1 Å². The molecule has 0 aromatic heterocycles. The van der Waals surface area contributed by atoms with E-state index in [1.54, 1.807) is 0 Å². The summed E-state index contributed by atoms with van der Waals surface area (Å²) in [5.74, 6) is -0.399. The lowest BCUT2D eigenvalue weighted by atomic mass is 10.2. The number of halogens is 1. The third-order valence-corrected chi connectivity index (χ3v) is 1.78. The van der Waals surface area contributed by atoms with Crippen molar-refractivity contribution in [3.05, 3.63) is 41.1 Å². The Morgan fingerprint density at radius 2 is 1.77 bits per heavy atom. The summed E-state index contributed by atoms with van der Waals surface area (Å²) < 4.78 is 41.2. The summed E-state index contributed by atoms with van der Waals surface area (Å²) in [4.78, 5) is 0. The summed E-state index contributed by atoms with van der Waals surface area (Å²) in [6, 6.07) is 5.20. The average Bonchev–Trinajstić information content (AvgIpc) is 2.02. The first-order valence-electron chi connectivity index (χ1n) is 3.38. The molecule has 13 heavy (non-hydrogen) atoms. The molecule has 0 atom stereocenters. The molecule has 0 saturated heterocycles. The second kappa shape index (κ2) is 3.68. The van der Waals surface area contributed by atoms with Crippen LogP contribution in [0.3, 0.4) is 0 Å². The maximum Gasteiger partial charge on any atom is 0.287 e. The van der Waals surface area contributed by atoms with E-state index in [2.05, 4.69) is 0 Å². The van der Waals surface area contributed by atoms with Crippen molar-refractivity contribution < 1.29 is 17.4 Å². The molecule has 5 heteroatoms. The first-order valence-corrected chi connectivity index (χ1v) is 4.89. The Labute approximate surface area is 75.3 Å². The van der Waals surface area contributed by atoms with Crippen LogP contribution in [-0.2, 0) is 10.1 Å². The van der Waals surface area contributed by atoms with Gasteiger partial charge >= 0.3 is 0 Å². The van der Waals surface area contributed by atoms with E-state index in [0.29, 0.717) is 11.0 Å². The van der Waals surface area contributed by atoms with E-state index in [0.717, 1.165) is 0 Å². The summed E-state index contributed by atoms with van der Waals surface area (Å²) in [6.07, 6.45) is 1.18. The topological polar surface area (TPSA) is 54.4 Å². The SMILES string of the molecule is O=S(=O)(O)C=Cc1ccc(F)cc1. The fourth-order valence-corrected chi connectivity index (χ4v) is 1.07. The molecule has 1 N–H and O–H groups in total. The Balaban J connectivity index is 2.88. The molecule has 1 rings (SSSR count). The summed E-state index contributed by atoms with van der Waals surface area (Å²) in [5, 5.41) is 0.639. The van der Waals surface area contributed by atoms with Crippen LogP contribution >= 0.6 is 0 Å². The van der Waals surface area contributed by atoms with Gasteiger partial charge in [0.25, 0.3) is 10.1 Å². The van der Waals surface area contributed by atoms with Crippen LogP contribution in [0, 0.1) is 5.82 Å². The molecule has 1 aromatic rings. The zero-order chi connectivity index (χ0) is 9.90. The molecule has 0 amide bonds. The predicted octanol–water partition coefficient (Wildman–Crippen LogP) is 1.68. The number of rotatable bonds is 2. The zero-order valence-electron chi connectivity index (χ0n) is 6.51. The molecular formula is C8H7FO3S. The minimum absolute atomic E-state index is 0.399. The van der Waals surface area contributed by atoms with Crippen molar-refractivity contribution in [2.75, 3.05) is 0 Å². The fourth-order valence-electron chi connectivity index (χ4n) is 0.738. The van der Waals surface area contributed by atoms with Gasteiger partial charge in [-0.2, -0.15) is 8.42 Å². The van der Waals surface area contributed by atoms with Gasteiger partial charge in [0.2, 0.25) is 0 Å². The third-order valence-electron chi connectivity index (χ3n) is 1.30. The Kier molecular flexibility index (Phi) is 2.79. The van der Waals surface area contributed by atoms with E-state index in [1.807, 2.05) is 0 Å². The Morgan fingerprint density at radius 3 is 2.23 bits per heavy atom. The van der Waals surface area contributed by atoms with E-state index in [-0.39, 0.29) is 0 Å². The van der Waals surface area contributed by atoms with Crippen molar-refractivity contribution in [2.45, 2.75) is 0 Å². The smallest absolute Gasteiger partial charge is 0.282 e. The molecule has 0 radical (unpaired) electrons. The lowest BCUT2D eigenvalue weighted by Crippen LogP contribution is -1.88. The molecule has 0 bridgehead atoms. The van der Waals surface area contributed by atoms with E-state index in [9.17, 15) is 12.8 Å². The van der Waals surface area contributed by atoms with Crippen molar-refractivity contribution >= 4 is 16.2 Å². The highest BCUT2D eigenvalue weighted by molar-refractivity contribution is 7.88. The van der Waals surface area contributed by atoms with Gasteiger partial charge in [0.15, 0.2) is 0 Å². The second-order valence-electron chi connectivity index (χ2n) is 2.37. The van der Waals surface area contributed by atoms with Gasteiger partial charge in [-0.15, -0.1) is 0 Å². The van der Waals surface area contributed by atoms with Crippen LogP contribution in [-0.4, -0.2) is 13.0 Å². The molecule has 3 nitrogen and oxygen atoms in total. The van der Waals surface area contributed by atoms with Crippen LogP contribution in [0.2, 0.25) is 0 Å². The molecule has 0 aliphatic heterocycles. The molecule has 0 heterocycles. The monoisotopic (exact) mass is 202 g/mol. The highest BCUT2D eigenvalue weighted by Crippen LogP contribution is 2.05. The van der Waals surface area contributed by atoms with E-state index in [1.165, 1.54) is 30.3 Å². The molecule has 70 valence electrons. The Morgan fingerprint density at radius 1 is 1.23 bits per heavy atom. The standard InChI is InChI=1S/C8H7FO3S/c9-8-3-1-7(2-4-8)5-6-13(10,11)12/h1-6H,(H,10,11,12). The quantitative estimate of drug-likeness (QED) is 0.742. The van der Waals surface area contributed by atoms with Crippen molar-refractivity contribution in [1.82, 2.24) is 0 Å². The van der Waals surface area contributed by atoms with Crippen molar-refractivity contribution in [3.8, 4) is 0 Å². The van der Waals surface area contributed by atoms with Crippen molar-refractivity contribution in [1.29, 1.82) is 0 Å². The van der Waals surface area contributed by atoms with Crippen molar-refractivity contribution in [3.63, 3.8) is 0 Å². The molecule has 0 fully saturated rings. The molecule has 0 spiro atoms. The first kappa shape index (κ1) is 9.88. The normalized spacial score (nSPS) is 12.2. The maximum absolute atomic E-state index is 12.4. The lowest BCUT2D eigenvalue weighted by molar-refractivity contribution is 0.494. The van der Waals surface area contributed by atoms with Gasteiger partial charge in [-0.05, 0) is 23.8 Å². The van der Waals surface area contributed by atoms with Crippen LogP contribution in [0.4, 0.5) is 4.39 Å². The van der Waals surface area contributed by atoms with E-state index < -0.39 is 15.9 Å². The average molecular weight is 202 g/mol. The second-order valence-corrected chi connectivity index (χ2v) is 3.67. The van der Waals surface area contributed by atoms with Crippen LogP contribution in [0.25, 0.3) is 6.08 Å². The van der Waals surface area contributed by atoms with Crippen LogP contribution < -0.4 is 0 Å². The van der Waals surface area contributed by atoms with E-state index >= 15 is 0 Å². The predicted molar refractivity (Wildman–Crippen MR) is 47.0 cm³/mol. The van der Waals surface area contributed by atoms with E-state index in [4.69, 9.17) is 4.55 Å². The summed E-state index contributed by atoms with van der Waals surface area (Å²) in [5.41, 5.74) is 0.499. The number of hydrogen-bond acceptors (Lipinski definition) is 2. The number of benzene rings is 1. The van der Waals surface area contributed by atoms with Crippen molar-refractivity contribution in [2.24, 2.45) is 0 Å². The molecular weight excluding hydrogens is 195 g/mol. The maximum atomic E-state index is 12.4. The first-order chi connectivity index (χ1) is 5.97. The minimum atomic E-state index is -4.11. The third kappa shape index (κ3) is 3.82. The van der Waals surface area contributed by atoms with Gasteiger partial charge < -0.3 is 0 Å². The molecule has 0 aliphatic rings. The van der Waals surface area contributed by atoms with Crippen LogP contribution in [0.15, 0.2) is 29.7 Å². The highest BCUT2D eigenvalue weighted by atomic mass is 32.2. The molecule has 0 unspecified atom stereocenters. The highest BCUT2D eigenvalue weighted by Gasteiger charge is 1.95. The summed E-state index contributed by atoms with van der Waals surface area (Å²) in [6.45, 7) is 0. The Bertz CT molecular complexity index is 406. The molecule has 0 saturated carbocycles. The minimum Gasteiger partial charge on any atom is -0.282 e. The number of hydrogen-bond donors (Lipinski definition) is 1. The van der Waals surface area contributed by atoms with Crippen LogP contribution in [0.5, 0.6) is 0 Å². The largest absolute Gasteiger partial charge is 0.287 e. The molecule has 0 aliphatic carbocycles. The van der Waals surface area contributed by atoms with Gasteiger partial charge in [0.1, 0.15) is 5.82 Å². The fraction of sp³-hybridized carbons (Fsp3) is 0. The molecule has 1 aromatic carbocycles. The van der Waals surface area contributed by atoms with Gasteiger partial charge in [0.05, 0.1) is 5.41 Å².